The van der Waals surface area contributed by atoms with Crippen LogP contribution in [0.4, 0.5) is 0 Å². The number of guanidine groups is 1. The van der Waals surface area contributed by atoms with Crippen LogP contribution < -0.4 is 11.5 Å². The lowest BCUT2D eigenvalue weighted by atomic mass is 10.2. The molecule has 0 aliphatic carbocycles. The molecule has 3 aromatic heterocycles. The average Bonchev–Trinajstić information content (AvgIpc) is 2.97. The van der Waals surface area contributed by atoms with Crippen molar-refractivity contribution >= 4 is 53.3 Å². The number of aromatic nitrogens is 3. The molecule has 7 nitrogen and oxygen atoms in total. The molecule has 3 aromatic rings. The number of imidazole rings is 1. The second kappa shape index (κ2) is 7.91. The number of hydrogen-bond donors (Lipinski definition) is 2. The molecule has 23 heavy (non-hydrogen) atoms. The highest BCUT2D eigenvalue weighted by Crippen LogP contribution is 2.26. The Morgan fingerprint density at radius 1 is 1.35 bits per heavy atom. The number of aryl methyl sites for hydroxylation is 1. The maximum Gasteiger partial charge on any atom is 0.211 e. The summed E-state index contributed by atoms with van der Waals surface area (Å²) in [6.07, 6.45) is 7.08. The lowest BCUT2D eigenvalue weighted by Crippen LogP contribution is -2.21. The van der Waals surface area contributed by atoms with Crippen molar-refractivity contribution in [3.63, 3.8) is 0 Å². The predicted octanol–water partition coefficient (Wildman–Crippen LogP) is 2.22. The third kappa shape index (κ3) is 3.98. The van der Waals surface area contributed by atoms with Crippen molar-refractivity contribution in [2.24, 2.45) is 21.7 Å². The molecule has 3 heterocycles. The first-order chi connectivity index (χ1) is 10.1. The molecule has 0 aliphatic heterocycles. The van der Waals surface area contributed by atoms with Gasteiger partial charge >= 0.3 is 0 Å². The predicted molar refractivity (Wildman–Crippen MR) is 98.9 cm³/mol. The van der Waals surface area contributed by atoms with E-state index in [1.165, 1.54) is 0 Å². The van der Waals surface area contributed by atoms with Crippen molar-refractivity contribution in [1.29, 1.82) is 0 Å². The normalized spacial score (nSPS) is 10.3. The molecule has 0 aromatic carbocycles. The molecule has 0 unspecified atom stereocenters. The maximum absolute atomic E-state index is 5.28. The number of hydrogen-bond acceptors (Lipinski definition) is 5. The van der Waals surface area contributed by atoms with E-state index in [0.717, 1.165) is 26.8 Å². The van der Waals surface area contributed by atoms with Crippen LogP contribution in [-0.4, -0.2) is 26.5 Å². The van der Waals surface area contributed by atoms with Crippen molar-refractivity contribution in [1.82, 2.24) is 14.4 Å². The summed E-state index contributed by atoms with van der Waals surface area (Å²) in [5.41, 5.74) is 13.1. The zero-order chi connectivity index (χ0) is 14.8. The van der Waals surface area contributed by atoms with Gasteiger partial charge in [0.05, 0.1) is 11.9 Å². The molecule has 0 atom stereocenters. The number of nitrogens with two attached hydrogens (primary N) is 2. The van der Waals surface area contributed by atoms with E-state index < -0.39 is 0 Å². The van der Waals surface area contributed by atoms with Crippen LogP contribution in [-0.2, 0) is 0 Å². The third-order valence-corrected chi connectivity index (χ3v) is 3.67. The summed E-state index contributed by atoms with van der Waals surface area (Å²) in [7, 11) is 0. The van der Waals surface area contributed by atoms with Crippen LogP contribution in [0.25, 0.3) is 16.2 Å². The highest BCUT2D eigenvalue weighted by molar-refractivity contribution is 7.17. The fraction of sp³-hybridized carbons (Fsp3) is 0.0769. The molecule has 0 bridgehead atoms. The summed E-state index contributed by atoms with van der Waals surface area (Å²) in [5.74, 6) is -0.0866. The van der Waals surface area contributed by atoms with Gasteiger partial charge in [0, 0.05) is 29.0 Å². The van der Waals surface area contributed by atoms with Gasteiger partial charge in [-0.15, -0.1) is 41.3 Å². The smallest absolute Gasteiger partial charge is 0.211 e. The van der Waals surface area contributed by atoms with Crippen LogP contribution >= 0.6 is 36.2 Å². The lowest BCUT2D eigenvalue weighted by Gasteiger charge is -1.98. The number of rotatable bonds is 3. The number of pyridine rings is 1. The highest BCUT2D eigenvalue weighted by Gasteiger charge is 2.14. The fourth-order valence-electron chi connectivity index (χ4n) is 1.96. The largest absolute Gasteiger partial charge is 0.369 e. The van der Waals surface area contributed by atoms with Crippen molar-refractivity contribution in [3.8, 4) is 11.3 Å². The zero-order valence-corrected chi connectivity index (χ0v) is 14.5. The van der Waals surface area contributed by atoms with E-state index in [2.05, 4.69) is 20.2 Å². The minimum Gasteiger partial charge on any atom is -0.369 e. The number of thiazole rings is 1. The van der Waals surface area contributed by atoms with Crippen LogP contribution in [0.1, 0.15) is 10.6 Å². The Kier molecular flexibility index (Phi) is 6.49. The molecule has 10 heteroatoms. The van der Waals surface area contributed by atoms with Crippen molar-refractivity contribution < 1.29 is 0 Å². The maximum atomic E-state index is 5.28. The Balaban J connectivity index is 0.00000132. The fourth-order valence-corrected chi connectivity index (χ4v) is 2.79. The van der Waals surface area contributed by atoms with Crippen LogP contribution in [0, 0.1) is 6.92 Å². The topological polar surface area (TPSA) is 107 Å². The molecule has 0 saturated heterocycles. The molecule has 0 aliphatic rings. The molecule has 3 rings (SSSR count). The minimum atomic E-state index is -0.0866. The molecule has 0 radical (unpaired) electrons. The van der Waals surface area contributed by atoms with Crippen LogP contribution in [0.5, 0.6) is 0 Å². The van der Waals surface area contributed by atoms with Crippen LogP contribution in [0.3, 0.4) is 0 Å². The van der Waals surface area contributed by atoms with Crippen LogP contribution in [0.15, 0.2) is 40.9 Å². The minimum absolute atomic E-state index is 0. The first kappa shape index (κ1) is 18.9. The van der Waals surface area contributed by atoms with Gasteiger partial charge in [-0.05, 0) is 19.1 Å². The van der Waals surface area contributed by atoms with E-state index in [0.29, 0.717) is 0 Å². The molecular formula is C13H15Cl2N7S. The van der Waals surface area contributed by atoms with Crippen molar-refractivity contribution in [2.75, 3.05) is 0 Å². The summed E-state index contributed by atoms with van der Waals surface area (Å²) in [6.45, 7) is 2.03. The Morgan fingerprint density at radius 3 is 2.78 bits per heavy atom. The number of halogens is 2. The first-order valence-corrected chi connectivity index (χ1v) is 6.97. The second-order valence-electron chi connectivity index (χ2n) is 4.35. The van der Waals surface area contributed by atoms with Gasteiger partial charge in [-0.2, -0.15) is 5.10 Å². The highest BCUT2D eigenvalue weighted by atomic mass is 35.5. The quantitative estimate of drug-likeness (QED) is 0.418. The summed E-state index contributed by atoms with van der Waals surface area (Å²) in [4.78, 5) is 10.8. The lowest BCUT2D eigenvalue weighted by molar-refractivity contribution is 1.17. The van der Waals surface area contributed by atoms with E-state index in [1.54, 1.807) is 29.9 Å². The molecule has 0 fully saturated rings. The Hall–Kier alpha value is -2.16. The second-order valence-corrected chi connectivity index (χ2v) is 5.56. The van der Waals surface area contributed by atoms with Gasteiger partial charge in [-0.1, -0.05) is 0 Å². The summed E-state index contributed by atoms with van der Waals surface area (Å²) in [6, 6.07) is 3.81. The Morgan fingerprint density at radius 2 is 2.13 bits per heavy atom. The summed E-state index contributed by atoms with van der Waals surface area (Å²) < 4.78 is 1.97. The van der Waals surface area contributed by atoms with Gasteiger partial charge in [0.15, 0.2) is 4.96 Å². The van der Waals surface area contributed by atoms with E-state index >= 15 is 0 Å². The summed E-state index contributed by atoms with van der Waals surface area (Å²) >= 11 is 1.61. The van der Waals surface area contributed by atoms with Crippen molar-refractivity contribution in [3.05, 3.63) is 41.3 Å². The molecular weight excluding hydrogens is 357 g/mol. The van der Waals surface area contributed by atoms with E-state index in [1.807, 2.05) is 29.7 Å². The average molecular weight is 372 g/mol. The van der Waals surface area contributed by atoms with E-state index in [-0.39, 0.29) is 30.8 Å². The van der Waals surface area contributed by atoms with Gasteiger partial charge in [-0.3, -0.25) is 9.38 Å². The molecule has 0 saturated carbocycles. The molecule has 4 N–H and O–H groups in total. The Bertz CT molecular complexity index is 835. The molecule has 0 spiro atoms. The van der Waals surface area contributed by atoms with E-state index in [4.69, 9.17) is 11.5 Å². The Labute approximate surface area is 149 Å². The summed E-state index contributed by atoms with van der Waals surface area (Å²) in [5, 5.41) is 7.53. The van der Waals surface area contributed by atoms with Gasteiger partial charge in [-0.25, -0.2) is 4.98 Å². The van der Waals surface area contributed by atoms with Crippen LogP contribution in [0.2, 0.25) is 0 Å². The standard InChI is InChI=1S/C13H13N7S.2ClH/c1-8-7-20-10(6-17-19-12(14)15)11(18-13(20)21-8)9-3-2-4-16-5-9;;/h2-7H,1H3,(H4,14,15,19);2*1H/b17-6+;;. The van der Waals surface area contributed by atoms with Gasteiger partial charge < -0.3 is 11.5 Å². The van der Waals surface area contributed by atoms with Gasteiger partial charge in [0.25, 0.3) is 0 Å². The molecule has 122 valence electrons. The van der Waals surface area contributed by atoms with Gasteiger partial charge in [0.1, 0.15) is 5.69 Å². The zero-order valence-electron chi connectivity index (χ0n) is 12.1. The first-order valence-electron chi connectivity index (χ1n) is 6.16. The number of nitrogens with zero attached hydrogens (tertiary/aromatic N) is 5. The van der Waals surface area contributed by atoms with E-state index in [9.17, 15) is 0 Å². The monoisotopic (exact) mass is 371 g/mol. The van der Waals surface area contributed by atoms with Gasteiger partial charge in [0.2, 0.25) is 5.96 Å². The SMILES string of the molecule is Cc1cn2c(/C=N/N=C(N)N)c(-c3cccnc3)nc2s1.Cl.Cl. The van der Waals surface area contributed by atoms with Crippen molar-refractivity contribution in [2.45, 2.75) is 6.92 Å². The molecule has 0 amide bonds. The third-order valence-electron chi connectivity index (χ3n) is 2.77. The number of fused-ring (bicyclic) bond motifs is 1.